The van der Waals surface area contributed by atoms with Crippen LogP contribution >= 0.6 is 0 Å². The van der Waals surface area contributed by atoms with Gasteiger partial charge in [-0.1, -0.05) is 6.07 Å². The number of carbonyl (C=O) groups is 2. The van der Waals surface area contributed by atoms with Crippen LogP contribution in [0.4, 0.5) is 4.79 Å². The van der Waals surface area contributed by atoms with Gasteiger partial charge in [0.25, 0.3) is 0 Å². The maximum atomic E-state index is 12.6. The third-order valence-electron chi connectivity index (χ3n) is 5.38. The topological polar surface area (TPSA) is 86.8 Å². The van der Waals surface area contributed by atoms with Crippen molar-refractivity contribution in [2.45, 2.75) is 45.9 Å². The van der Waals surface area contributed by atoms with Crippen molar-refractivity contribution in [2.75, 3.05) is 46.2 Å². The summed E-state index contributed by atoms with van der Waals surface area (Å²) in [7, 11) is 0. The number of morpholine rings is 1. The number of nitrogens with zero attached hydrogens (tertiary/aromatic N) is 2. The third-order valence-corrected chi connectivity index (χ3v) is 5.38. The highest BCUT2D eigenvalue weighted by Gasteiger charge is 2.24. The van der Waals surface area contributed by atoms with Crippen LogP contribution in [0.5, 0.6) is 11.5 Å². The summed E-state index contributed by atoms with van der Waals surface area (Å²) in [6.07, 6.45) is -0.576. The van der Waals surface area contributed by atoms with Crippen molar-refractivity contribution >= 4 is 12.1 Å². The second kappa shape index (κ2) is 11.2. The molecule has 0 spiro atoms. The molecule has 0 aliphatic carbocycles. The van der Waals surface area contributed by atoms with Gasteiger partial charge < -0.3 is 28.6 Å². The fraction of sp³-hybridized carbons (Fsp3) is 0.636. The predicted molar refractivity (Wildman–Crippen MR) is 112 cm³/mol. The van der Waals surface area contributed by atoms with Crippen LogP contribution < -0.4 is 9.47 Å². The van der Waals surface area contributed by atoms with Crippen LogP contribution in [-0.2, 0) is 25.4 Å². The van der Waals surface area contributed by atoms with Gasteiger partial charge in [-0.3, -0.25) is 9.69 Å². The molecule has 1 aromatic rings. The second-order valence-electron chi connectivity index (χ2n) is 7.67. The normalized spacial score (nSPS) is 17.6. The molecule has 172 valence electrons. The number of rotatable bonds is 9. The number of hydrogen-bond donors (Lipinski definition) is 0. The summed E-state index contributed by atoms with van der Waals surface area (Å²) in [6, 6.07) is 5.65. The highest BCUT2D eigenvalue weighted by molar-refractivity contribution is 5.71. The van der Waals surface area contributed by atoms with Gasteiger partial charge in [0.2, 0.25) is 13.1 Å². The van der Waals surface area contributed by atoms with Gasteiger partial charge >= 0.3 is 12.1 Å². The lowest BCUT2D eigenvalue weighted by Crippen LogP contribution is -2.42. The number of amides is 1. The Hall–Kier alpha value is -2.52. The van der Waals surface area contributed by atoms with Crippen molar-refractivity contribution in [3.05, 3.63) is 23.8 Å². The Bertz CT molecular complexity index is 751. The lowest BCUT2D eigenvalue weighted by Gasteiger charge is -2.29. The Morgan fingerprint density at radius 1 is 1.13 bits per heavy atom. The molecule has 9 nitrogen and oxygen atoms in total. The van der Waals surface area contributed by atoms with E-state index in [1.807, 2.05) is 32.0 Å². The van der Waals surface area contributed by atoms with Crippen molar-refractivity contribution in [3.63, 3.8) is 0 Å². The fourth-order valence-electron chi connectivity index (χ4n) is 3.69. The monoisotopic (exact) mass is 436 g/mol. The molecule has 2 atom stereocenters. The summed E-state index contributed by atoms with van der Waals surface area (Å²) in [4.78, 5) is 28.5. The van der Waals surface area contributed by atoms with Crippen LogP contribution in [0.2, 0.25) is 0 Å². The number of ether oxygens (including phenoxy) is 5. The van der Waals surface area contributed by atoms with Crippen molar-refractivity contribution in [3.8, 4) is 11.5 Å². The van der Waals surface area contributed by atoms with Crippen molar-refractivity contribution in [2.24, 2.45) is 0 Å². The largest absolute Gasteiger partial charge is 0.454 e. The Morgan fingerprint density at radius 3 is 2.61 bits per heavy atom. The minimum absolute atomic E-state index is 0.109. The molecule has 0 saturated carbocycles. The van der Waals surface area contributed by atoms with Crippen molar-refractivity contribution in [1.82, 2.24) is 9.80 Å². The van der Waals surface area contributed by atoms with Gasteiger partial charge in [0.05, 0.1) is 19.6 Å². The van der Waals surface area contributed by atoms with Crippen LogP contribution in [0.1, 0.15) is 32.8 Å². The van der Waals surface area contributed by atoms with Crippen molar-refractivity contribution in [1.29, 1.82) is 0 Å². The highest BCUT2D eigenvalue weighted by atomic mass is 16.7. The fourth-order valence-corrected chi connectivity index (χ4v) is 3.69. The summed E-state index contributed by atoms with van der Waals surface area (Å²) in [5.74, 6) is 1.06. The molecule has 0 bridgehead atoms. The van der Waals surface area contributed by atoms with Crippen LogP contribution in [0, 0.1) is 0 Å². The van der Waals surface area contributed by atoms with Gasteiger partial charge in [-0.2, -0.15) is 0 Å². The van der Waals surface area contributed by atoms with E-state index in [1.165, 1.54) is 0 Å². The van der Waals surface area contributed by atoms with E-state index in [1.54, 1.807) is 11.8 Å². The summed E-state index contributed by atoms with van der Waals surface area (Å²) < 4.78 is 26.7. The second-order valence-corrected chi connectivity index (χ2v) is 7.67. The molecule has 2 aliphatic rings. The molecule has 9 heteroatoms. The number of benzene rings is 1. The number of fused-ring (bicyclic) bond motifs is 1. The van der Waals surface area contributed by atoms with E-state index in [0.717, 1.165) is 24.4 Å². The molecular weight excluding hydrogens is 404 g/mol. The summed E-state index contributed by atoms with van der Waals surface area (Å²) in [5, 5.41) is 0. The van der Waals surface area contributed by atoms with E-state index in [-0.39, 0.29) is 25.2 Å². The number of esters is 1. The van der Waals surface area contributed by atoms with E-state index in [0.29, 0.717) is 38.5 Å². The molecule has 2 unspecified atom stereocenters. The van der Waals surface area contributed by atoms with E-state index in [9.17, 15) is 9.59 Å². The lowest BCUT2D eigenvalue weighted by atomic mass is 10.1. The van der Waals surface area contributed by atoms with Gasteiger partial charge in [0.1, 0.15) is 0 Å². The van der Waals surface area contributed by atoms with E-state index in [2.05, 4.69) is 4.90 Å². The first-order chi connectivity index (χ1) is 15.0. The molecule has 0 radical (unpaired) electrons. The highest BCUT2D eigenvalue weighted by Crippen LogP contribution is 2.33. The molecule has 0 N–H and O–H groups in total. The van der Waals surface area contributed by atoms with Crippen LogP contribution in [0.15, 0.2) is 18.2 Å². The maximum absolute atomic E-state index is 12.6. The smallest absolute Gasteiger partial charge is 0.413 e. The maximum Gasteiger partial charge on any atom is 0.413 e. The first-order valence-corrected chi connectivity index (χ1v) is 10.8. The molecule has 1 saturated heterocycles. The van der Waals surface area contributed by atoms with Crippen LogP contribution in [0.3, 0.4) is 0 Å². The SMILES string of the molecule is CCN(C(=O)OC(C)OC(=O)CCN1CCOCC1)C(C)Cc1ccc2c(c1)OCO2. The molecule has 1 fully saturated rings. The van der Waals surface area contributed by atoms with Gasteiger partial charge in [-0.15, -0.1) is 0 Å². The summed E-state index contributed by atoms with van der Waals surface area (Å²) in [5.41, 5.74) is 1.03. The Morgan fingerprint density at radius 2 is 1.87 bits per heavy atom. The van der Waals surface area contributed by atoms with E-state index >= 15 is 0 Å². The zero-order valence-electron chi connectivity index (χ0n) is 18.5. The van der Waals surface area contributed by atoms with Gasteiger partial charge in [-0.05, 0) is 38.0 Å². The molecular formula is C22H32N2O7. The zero-order chi connectivity index (χ0) is 22.2. The van der Waals surface area contributed by atoms with Crippen LogP contribution in [0.25, 0.3) is 0 Å². The van der Waals surface area contributed by atoms with Gasteiger partial charge in [0, 0.05) is 39.1 Å². The van der Waals surface area contributed by atoms with Crippen LogP contribution in [-0.4, -0.2) is 80.4 Å². The number of hydrogen-bond acceptors (Lipinski definition) is 8. The molecule has 1 amide bonds. The summed E-state index contributed by atoms with van der Waals surface area (Å²) in [6.45, 7) is 9.69. The average Bonchev–Trinajstić information content (AvgIpc) is 3.21. The molecule has 31 heavy (non-hydrogen) atoms. The van der Waals surface area contributed by atoms with Gasteiger partial charge in [0.15, 0.2) is 11.5 Å². The average molecular weight is 437 g/mol. The Balaban J connectivity index is 1.43. The first kappa shape index (κ1) is 23.1. The predicted octanol–water partition coefficient (Wildman–Crippen LogP) is 2.42. The summed E-state index contributed by atoms with van der Waals surface area (Å²) >= 11 is 0. The zero-order valence-corrected chi connectivity index (χ0v) is 18.5. The molecule has 2 heterocycles. The number of carbonyl (C=O) groups excluding carboxylic acids is 2. The molecule has 1 aromatic carbocycles. The minimum Gasteiger partial charge on any atom is -0.454 e. The van der Waals surface area contributed by atoms with E-state index in [4.69, 9.17) is 23.7 Å². The standard InChI is InChI=1S/C22H32N2O7/c1-4-24(16(2)13-18-5-6-19-20(14-18)29-15-28-19)22(26)31-17(3)30-21(25)7-8-23-9-11-27-12-10-23/h5-6,14,16-17H,4,7-13,15H2,1-3H3. The quantitative estimate of drug-likeness (QED) is 0.431. The molecule has 2 aliphatic heterocycles. The Labute approximate surface area is 183 Å². The number of likely N-dealkylation sites (N-methyl/N-ethyl adjacent to an activating group) is 1. The third kappa shape index (κ3) is 6.73. The van der Waals surface area contributed by atoms with Gasteiger partial charge in [-0.25, -0.2) is 4.79 Å². The molecule has 3 rings (SSSR count). The van der Waals surface area contributed by atoms with Crippen molar-refractivity contribution < 1.29 is 33.3 Å². The molecule has 0 aromatic heterocycles. The lowest BCUT2D eigenvalue weighted by molar-refractivity contribution is -0.166. The van der Waals surface area contributed by atoms with E-state index < -0.39 is 12.4 Å². The minimum atomic E-state index is -0.948. The Kier molecular flexibility index (Phi) is 8.36. The first-order valence-electron chi connectivity index (χ1n) is 10.8.